The van der Waals surface area contributed by atoms with E-state index in [-0.39, 0.29) is 6.10 Å². The molecule has 1 saturated heterocycles. The van der Waals surface area contributed by atoms with Gasteiger partial charge in [-0.15, -0.1) is 0 Å². The normalized spacial score (nSPS) is 21.8. The van der Waals surface area contributed by atoms with Gasteiger partial charge >= 0.3 is 0 Å². The fourth-order valence-corrected chi connectivity index (χ4v) is 3.16. The summed E-state index contributed by atoms with van der Waals surface area (Å²) in [4.78, 5) is 2.40. The number of hydrogen-bond donors (Lipinski definition) is 2. The van der Waals surface area contributed by atoms with Gasteiger partial charge in [-0.2, -0.15) is 0 Å². The van der Waals surface area contributed by atoms with Gasteiger partial charge in [0, 0.05) is 19.1 Å². The summed E-state index contributed by atoms with van der Waals surface area (Å²) in [7, 11) is 0. The summed E-state index contributed by atoms with van der Waals surface area (Å²) in [6, 6.07) is 9.14. The van der Waals surface area contributed by atoms with Crippen LogP contribution in [0, 0.1) is 5.92 Å². The molecule has 3 heteroatoms. The predicted molar refractivity (Wildman–Crippen MR) is 84.3 cm³/mol. The third kappa shape index (κ3) is 3.45. The minimum Gasteiger partial charge on any atom is -0.393 e. The van der Waals surface area contributed by atoms with E-state index in [1.165, 1.54) is 30.6 Å². The number of aliphatic hydroxyl groups is 1. The second-order valence-corrected chi connectivity index (χ2v) is 6.46. The maximum Gasteiger partial charge on any atom is 0.0602 e. The average Bonchev–Trinajstić information content (AvgIpc) is 3.24. The standard InChI is InChI=1S/C17H26N2O/c1-13(12-14-6-7-14)18-16-4-2-3-5-17(16)19-10-8-15(20)9-11-19/h2-5,13-15,18,20H,6-12H2,1H3/t13-/m1/s1. The minimum atomic E-state index is -0.111. The number of para-hydroxylation sites is 2. The highest BCUT2D eigenvalue weighted by Crippen LogP contribution is 2.35. The average molecular weight is 274 g/mol. The topological polar surface area (TPSA) is 35.5 Å². The van der Waals surface area contributed by atoms with E-state index in [2.05, 4.69) is 41.4 Å². The third-order valence-electron chi connectivity index (χ3n) is 4.49. The van der Waals surface area contributed by atoms with E-state index in [4.69, 9.17) is 0 Å². The van der Waals surface area contributed by atoms with E-state index in [1.807, 2.05) is 0 Å². The summed E-state index contributed by atoms with van der Waals surface area (Å²) in [6.07, 6.45) is 5.76. The molecule has 0 bridgehead atoms. The molecule has 1 aromatic rings. The molecule has 1 aromatic carbocycles. The van der Waals surface area contributed by atoms with Gasteiger partial charge in [0.25, 0.3) is 0 Å². The summed E-state index contributed by atoms with van der Waals surface area (Å²) >= 11 is 0. The zero-order valence-electron chi connectivity index (χ0n) is 12.4. The van der Waals surface area contributed by atoms with Gasteiger partial charge in [-0.25, -0.2) is 0 Å². The maximum atomic E-state index is 9.65. The third-order valence-corrected chi connectivity index (χ3v) is 4.49. The second-order valence-electron chi connectivity index (χ2n) is 6.46. The van der Waals surface area contributed by atoms with Crippen molar-refractivity contribution >= 4 is 11.4 Å². The zero-order valence-corrected chi connectivity index (χ0v) is 12.4. The largest absolute Gasteiger partial charge is 0.393 e. The van der Waals surface area contributed by atoms with Crippen LogP contribution in [0.25, 0.3) is 0 Å². The smallest absolute Gasteiger partial charge is 0.0602 e. The lowest BCUT2D eigenvalue weighted by Crippen LogP contribution is -2.36. The van der Waals surface area contributed by atoms with E-state index in [0.29, 0.717) is 6.04 Å². The van der Waals surface area contributed by atoms with Crippen LogP contribution in [0.15, 0.2) is 24.3 Å². The van der Waals surface area contributed by atoms with Crippen molar-refractivity contribution in [3.63, 3.8) is 0 Å². The quantitative estimate of drug-likeness (QED) is 0.865. The fraction of sp³-hybridized carbons (Fsp3) is 0.647. The van der Waals surface area contributed by atoms with Gasteiger partial charge in [0.15, 0.2) is 0 Å². The highest BCUT2D eigenvalue weighted by molar-refractivity contribution is 5.70. The van der Waals surface area contributed by atoms with E-state index < -0.39 is 0 Å². The molecule has 0 spiro atoms. The van der Waals surface area contributed by atoms with Gasteiger partial charge < -0.3 is 15.3 Å². The molecule has 0 amide bonds. The maximum absolute atomic E-state index is 9.65. The Bertz CT molecular complexity index is 436. The first-order valence-corrected chi connectivity index (χ1v) is 8.01. The number of anilines is 2. The molecule has 3 nitrogen and oxygen atoms in total. The van der Waals surface area contributed by atoms with Crippen molar-refractivity contribution in [1.82, 2.24) is 0 Å². The van der Waals surface area contributed by atoms with Gasteiger partial charge in [0.1, 0.15) is 0 Å². The zero-order chi connectivity index (χ0) is 13.9. The van der Waals surface area contributed by atoms with Crippen LogP contribution < -0.4 is 10.2 Å². The van der Waals surface area contributed by atoms with Crippen LogP contribution >= 0.6 is 0 Å². The summed E-state index contributed by atoms with van der Waals surface area (Å²) in [6.45, 7) is 4.20. The molecule has 0 radical (unpaired) electrons. The molecule has 0 unspecified atom stereocenters. The van der Waals surface area contributed by atoms with Crippen LogP contribution in [0.4, 0.5) is 11.4 Å². The van der Waals surface area contributed by atoms with Crippen LogP contribution in [-0.2, 0) is 0 Å². The molecule has 1 heterocycles. The lowest BCUT2D eigenvalue weighted by molar-refractivity contribution is 0.145. The number of nitrogens with one attached hydrogen (secondary N) is 1. The number of benzene rings is 1. The summed E-state index contributed by atoms with van der Waals surface area (Å²) < 4.78 is 0. The first kappa shape index (κ1) is 13.7. The van der Waals surface area contributed by atoms with Crippen molar-refractivity contribution in [2.75, 3.05) is 23.3 Å². The second kappa shape index (κ2) is 6.04. The van der Waals surface area contributed by atoms with E-state index >= 15 is 0 Å². The Morgan fingerprint density at radius 3 is 2.60 bits per heavy atom. The number of rotatable bonds is 5. The Morgan fingerprint density at radius 2 is 1.90 bits per heavy atom. The van der Waals surface area contributed by atoms with E-state index in [9.17, 15) is 5.11 Å². The molecular formula is C17H26N2O. The van der Waals surface area contributed by atoms with Crippen LogP contribution in [0.1, 0.15) is 39.0 Å². The van der Waals surface area contributed by atoms with E-state index in [0.717, 1.165) is 31.8 Å². The number of hydrogen-bond acceptors (Lipinski definition) is 3. The fourth-order valence-electron chi connectivity index (χ4n) is 3.16. The molecular weight excluding hydrogens is 248 g/mol. The summed E-state index contributed by atoms with van der Waals surface area (Å²) in [5.74, 6) is 0.954. The summed E-state index contributed by atoms with van der Waals surface area (Å²) in [5, 5.41) is 13.3. The minimum absolute atomic E-state index is 0.111. The Kier molecular flexibility index (Phi) is 4.16. The van der Waals surface area contributed by atoms with Crippen molar-refractivity contribution in [3.8, 4) is 0 Å². The number of nitrogens with zero attached hydrogens (tertiary/aromatic N) is 1. The lowest BCUT2D eigenvalue weighted by atomic mass is 10.1. The van der Waals surface area contributed by atoms with Crippen LogP contribution in [0.5, 0.6) is 0 Å². The molecule has 2 fully saturated rings. The molecule has 3 rings (SSSR count). The Balaban J connectivity index is 1.67. The van der Waals surface area contributed by atoms with Gasteiger partial charge in [0.2, 0.25) is 0 Å². The SMILES string of the molecule is C[C@H](CC1CC1)Nc1ccccc1N1CCC(O)CC1. The molecule has 2 aliphatic rings. The Labute approximate surface area is 122 Å². The predicted octanol–water partition coefficient (Wildman–Crippen LogP) is 3.25. The van der Waals surface area contributed by atoms with Crippen molar-refractivity contribution in [3.05, 3.63) is 24.3 Å². The monoisotopic (exact) mass is 274 g/mol. The highest BCUT2D eigenvalue weighted by Gasteiger charge is 2.24. The van der Waals surface area contributed by atoms with Crippen LogP contribution in [0.3, 0.4) is 0 Å². The van der Waals surface area contributed by atoms with Crippen molar-refractivity contribution in [2.45, 2.75) is 51.2 Å². The van der Waals surface area contributed by atoms with Crippen LogP contribution in [0.2, 0.25) is 0 Å². The highest BCUT2D eigenvalue weighted by atomic mass is 16.3. The van der Waals surface area contributed by atoms with E-state index in [1.54, 1.807) is 0 Å². The van der Waals surface area contributed by atoms with Crippen molar-refractivity contribution in [1.29, 1.82) is 0 Å². The molecule has 1 aliphatic heterocycles. The van der Waals surface area contributed by atoms with Gasteiger partial charge in [-0.3, -0.25) is 0 Å². The first-order valence-electron chi connectivity index (χ1n) is 8.01. The van der Waals surface area contributed by atoms with Gasteiger partial charge in [0.05, 0.1) is 17.5 Å². The Morgan fingerprint density at radius 1 is 1.20 bits per heavy atom. The molecule has 1 aliphatic carbocycles. The van der Waals surface area contributed by atoms with Gasteiger partial charge in [-0.1, -0.05) is 25.0 Å². The first-order chi connectivity index (χ1) is 9.72. The molecule has 1 atom stereocenters. The van der Waals surface area contributed by atoms with Gasteiger partial charge in [-0.05, 0) is 44.2 Å². The number of aliphatic hydroxyl groups excluding tert-OH is 1. The van der Waals surface area contributed by atoms with Crippen molar-refractivity contribution < 1.29 is 5.11 Å². The van der Waals surface area contributed by atoms with Crippen molar-refractivity contribution in [2.24, 2.45) is 5.92 Å². The Hall–Kier alpha value is -1.22. The molecule has 2 N–H and O–H groups in total. The summed E-state index contributed by atoms with van der Waals surface area (Å²) in [5.41, 5.74) is 2.54. The molecule has 20 heavy (non-hydrogen) atoms. The molecule has 1 saturated carbocycles. The number of piperidine rings is 1. The van der Waals surface area contributed by atoms with Crippen LogP contribution in [-0.4, -0.2) is 30.3 Å². The molecule has 110 valence electrons. The molecule has 0 aromatic heterocycles. The lowest BCUT2D eigenvalue weighted by Gasteiger charge is -2.33.